The Morgan fingerprint density at radius 1 is 1.04 bits per heavy atom. The van der Waals surface area contributed by atoms with Gasteiger partial charge in [0.2, 0.25) is 5.88 Å². The number of benzene rings is 2. The summed E-state index contributed by atoms with van der Waals surface area (Å²) in [5.74, 6) is -1.94. The number of aromatic amines is 1. The smallest absolute Gasteiger partial charge is 0.264 e. The van der Waals surface area contributed by atoms with Crippen LogP contribution in [0.15, 0.2) is 54.6 Å². The maximum Gasteiger partial charge on any atom is 0.264 e. The number of aromatic nitrogens is 1. The van der Waals surface area contributed by atoms with Crippen molar-refractivity contribution in [1.29, 1.82) is 0 Å². The van der Waals surface area contributed by atoms with E-state index in [1.54, 1.807) is 0 Å². The number of halogens is 1. The lowest BCUT2D eigenvalue weighted by Crippen LogP contribution is -2.11. The first-order valence-corrected chi connectivity index (χ1v) is 7.78. The summed E-state index contributed by atoms with van der Waals surface area (Å²) in [7, 11) is 0. The van der Waals surface area contributed by atoms with Gasteiger partial charge in [0.1, 0.15) is 11.4 Å². The van der Waals surface area contributed by atoms with Crippen molar-refractivity contribution in [2.24, 2.45) is 0 Å². The Bertz CT molecular complexity index is 891. The number of aromatic hydroxyl groups is 2. The van der Waals surface area contributed by atoms with Gasteiger partial charge in [-0.3, -0.25) is 4.79 Å². The third-order valence-electron chi connectivity index (χ3n) is 3.84. The lowest BCUT2D eigenvalue weighted by atomic mass is 10.1. The summed E-state index contributed by atoms with van der Waals surface area (Å²) >= 11 is 0. The highest BCUT2D eigenvalue weighted by atomic mass is 19.1. The second-order valence-corrected chi connectivity index (χ2v) is 5.63. The first-order chi connectivity index (χ1) is 12.0. The molecule has 0 spiro atoms. The van der Waals surface area contributed by atoms with Crippen LogP contribution in [-0.2, 0) is 12.8 Å². The van der Waals surface area contributed by atoms with Crippen molar-refractivity contribution < 1.29 is 19.4 Å². The number of H-pyrrole nitrogens is 1. The van der Waals surface area contributed by atoms with E-state index in [9.17, 15) is 19.4 Å². The highest BCUT2D eigenvalue weighted by Gasteiger charge is 2.23. The Kier molecular flexibility index (Phi) is 4.70. The third-order valence-corrected chi connectivity index (χ3v) is 3.84. The normalized spacial score (nSPS) is 10.6. The van der Waals surface area contributed by atoms with Crippen LogP contribution < -0.4 is 5.32 Å². The van der Waals surface area contributed by atoms with E-state index in [-0.39, 0.29) is 17.0 Å². The highest BCUT2D eigenvalue weighted by Crippen LogP contribution is 2.32. The van der Waals surface area contributed by atoms with Crippen molar-refractivity contribution in [2.75, 3.05) is 5.32 Å². The van der Waals surface area contributed by atoms with E-state index in [1.807, 2.05) is 30.3 Å². The van der Waals surface area contributed by atoms with Crippen LogP contribution in [-0.4, -0.2) is 21.1 Å². The average Bonchev–Trinajstić information content (AvgIpc) is 2.88. The van der Waals surface area contributed by atoms with Gasteiger partial charge in [-0.05, 0) is 36.6 Å². The Balaban J connectivity index is 1.76. The van der Waals surface area contributed by atoms with Gasteiger partial charge >= 0.3 is 0 Å². The summed E-state index contributed by atoms with van der Waals surface area (Å²) < 4.78 is 13.2. The Labute approximate surface area is 143 Å². The van der Waals surface area contributed by atoms with E-state index in [4.69, 9.17) is 0 Å². The van der Waals surface area contributed by atoms with Gasteiger partial charge in [-0.15, -0.1) is 0 Å². The van der Waals surface area contributed by atoms with Crippen molar-refractivity contribution in [3.05, 3.63) is 77.2 Å². The number of carbonyl (C=O) groups is 1. The summed E-state index contributed by atoms with van der Waals surface area (Å²) in [6, 6.07) is 15.0. The molecule has 1 amide bonds. The molecule has 128 valence electrons. The number of hydrogen-bond donors (Lipinski definition) is 4. The molecule has 0 saturated carbocycles. The molecule has 1 aromatic heterocycles. The lowest BCUT2D eigenvalue weighted by molar-refractivity contribution is 0.102. The first kappa shape index (κ1) is 16.6. The molecule has 3 aromatic rings. The van der Waals surface area contributed by atoms with Crippen molar-refractivity contribution in [1.82, 2.24) is 4.98 Å². The van der Waals surface area contributed by atoms with Crippen molar-refractivity contribution >= 4 is 11.6 Å². The minimum Gasteiger partial charge on any atom is -0.505 e. The second-order valence-electron chi connectivity index (χ2n) is 5.63. The van der Waals surface area contributed by atoms with Crippen LogP contribution in [0.4, 0.5) is 10.1 Å². The van der Waals surface area contributed by atoms with Crippen LogP contribution in [0.25, 0.3) is 0 Å². The van der Waals surface area contributed by atoms with Crippen molar-refractivity contribution in [2.45, 2.75) is 12.8 Å². The zero-order valence-electron chi connectivity index (χ0n) is 13.3. The molecule has 0 fully saturated rings. The molecule has 0 aliphatic heterocycles. The average molecular weight is 340 g/mol. The number of anilines is 1. The highest BCUT2D eigenvalue weighted by molar-refractivity contribution is 6.08. The van der Waals surface area contributed by atoms with Crippen LogP contribution in [0.1, 0.15) is 21.6 Å². The molecule has 0 unspecified atom stereocenters. The van der Waals surface area contributed by atoms with Gasteiger partial charge in [-0.2, -0.15) is 0 Å². The summed E-state index contributed by atoms with van der Waals surface area (Å²) in [6.07, 6.45) is 1.07. The van der Waals surface area contributed by atoms with E-state index < -0.39 is 17.6 Å². The Morgan fingerprint density at radius 2 is 1.80 bits per heavy atom. The van der Waals surface area contributed by atoms with Gasteiger partial charge in [0, 0.05) is 5.69 Å². The van der Waals surface area contributed by atoms with Gasteiger partial charge in [0.05, 0.1) is 5.69 Å². The van der Waals surface area contributed by atoms with Crippen LogP contribution in [0.5, 0.6) is 11.6 Å². The monoisotopic (exact) mass is 340 g/mol. The van der Waals surface area contributed by atoms with E-state index in [1.165, 1.54) is 18.2 Å². The molecule has 0 aliphatic rings. The molecule has 25 heavy (non-hydrogen) atoms. The predicted molar refractivity (Wildman–Crippen MR) is 92.3 cm³/mol. The van der Waals surface area contributed by atoms with Gasteiger partial charge in [-0.25, -0.2) is 4.39 Å². The topological polar surface area (TPSA) is 85.4 Å². The fourth-order valence-electron chi connectivity index (χ4n) is 2.60. The second kappa shape index (κ2) is 7.09. The molecule has 6 heteroatoms. The number of carbonyl (C=O) groups excluding carboxylic acids is 1. The minimum atomic E-state index is -0.720. The molecule has 3 rings (SSSR count). The SMILES string of the molecule is O=C(Nc1cccc(F)c1)c1c(O)[nH]c(CCc2ccccc2)c1O. The number of hydrogen-bond acceptors (Lipinski definition) is 3. The molecule has 0 atom stereocenters. The van der Waals surface area contributed by atoms with Gasteiger partial charge in [0.15, 0.2) is 5.75 Å². The standard InChI is InChI=1S/C19H17FN2O3/c20-13-7-4-8-14(11-13)21-18(24)16-17(23)15(22-19(16)25)10-9-12-5-2-1-3-6-12/h1-8,11,22-23,25H,9-10H2,(H,21,24). The van der Waals surface area contributed by atoms with Gasteiger partial charge in [0.25, 0.3) is 5.91 Å². The Morgan fingerprint density at radius 3 is 2.52 bits per heavy atom. The number of aryl methyl sites for hydroxylation is 2. The maximum atomic E-state index is 13.2. The van der Waals surface area contributed by atoms with Crippen LogP contribution >= 0.6 is 0 Å². The predicted octanol–water partition coefficient (Wildman–Crippen LogP) is 3.60. The molecule has 0 aliphatic carbocycles. The Hall–Kier alpha value is -3.28. The molecule has 2 aromatic carbocycles. The molecule has 4 N–H and O–H groups in total. The summed E-state index contributed by atoms with van der Waals surface area (Å²) in [5.41, 5.74) is 1.41. The number of rotatable bonds is 5. The maximum absolute atomic E-state index is 13.2. The van der Waals surface area contributed by atoms with E-state index in [0.717, 1.165) is 11.6 Å². The van der Waals surface area contributed by atoms with Crippen molar-refractivity contribution in [3.8, 4) is 11.6 Å². The zero-order chi connectivity index (χ0) is 17.8. The van der Waals surface area contributed by atoms with Crippen LogP contribution in [0, 0.1) is 5.82 Å². The van der Waals surface area contributed by atoms with E-state index in [2.05, 4.69) is 10.3 Å². The molecule has 0 saturated heterocycles. The van der Waals surface area contributed by atoms with E-state index in [0.29, 0.717) is 18.5 Å². The minimum absolute atomic E-state index is 0.232. The first-order valence-electron chi connectivity index (χ1n) is 7.78. The summed E-state index contributed by atoms with van der Waals surface area (Å²) in [6.45, 7) is 0. The molecule has 0 radical (unpaired) electrons. The zero-order valence-corrected chi connectivity index (χ0v) is 13.3. The van der Waals surface area contributed by atoms with Gasteiger partial charge in [-0.1, -0.05) is 36.4 Å². The number of amides is 1. The van der Waals surface area contributed by atoms with Crippen LogP contribution in [0.3, 0.4) is 0 Å². The quantitative estimate of drug-likeness (QED) is 0.572. The molecule has 1 heterocycles. The van der Waals surface area contributed by atoms with E-state index >= 15 is 0 Å². The largest absolute Gasteiger partial charge is 0.505 e. The molecular weight excluding hydrogens is 323 g/mol. The molecule has 0 bridgehead atoms. The third kappa shape index (κ3) is 3.80. The lowest BCUT2D eigenvalue weighted by Gasteiger charge is -2.05. The van der Waals surface area contributed by atoms with Gasteiger partial charge < -0.3 is 20.5 Å². The van der Waals surface area contributed by atoms with Crippen LogP contribution in [0.2, 0.25) is 0 Å². The summed E-state index contributed by atoms with van der Waals surface area (Å²) in [5, 5.41) is 22.7. The molecule has 5 nitrogen and oxygen atoms in total. The fraction of sp³-hybridized carbons (Fsp3) is 0.105. The van der Waals surface area contributed by atoms with Crippen molar-refractivity contribution in [3.63, 3.8) is 0 Å². The molecular formula is C19H17FN2O3. The number of nitrogens with one attached hydrogen (secondary N) is 2. The summed E-state index contributed by atoms with van der Waals surface area (Å²) in [4.78, 5) is 14.9. The fourth-order valence-corrected chi connectivity index (χ4v) is 2.60.